The normalized spacial score (nSPS) is 14.1. The van der Waals surface area contributed by atoms with E-state index in [2.05, 4.69) is 20.6 Å². The Bertz CT molecular complexity index is 1300. The summed E-state index contributed by atoms with van der Waals surface area (Å²) in [6.45, 7) is 0. The Morgan fingerprint density at radius 3 is 2.50 bits per heavy atom. The van der Waals surface area contributed by atoms with Crippen LogP contribution in [0.4, 0.5) is 21.3 Å². The van der Waals surface area contributed by atoms with E-state index in [1.807, 2.05) is 25.1 Å². The number of carbonyl (C=O) groups excluding carboxylic acids is 2. The molecule has 1 aliphatic carbocycles. The van der Waals surface area contributed by atoms with E-state index in [0.29, 0.717) is 11.3 Å². The lowest BCUT2D eigenvalue weighted by molar-refractivity contribution is 0.0924. The summed E-state index contributed by atoms with van der Waals surface area (Å²) in [4.78, 5) is 35.6. The van der Waals surface area contributed by atoms with Crippen LogP contribution in [0.15, 0.2) is 58.0 Å². The standard InChI is InChI=1S/C23H25N5O4S2/c1-28(2)16-10-11-18(17(13-16)21(29)15-7-3-4-8-15)26-22(30)27-23-25-14-20(33-23)34(31,32)19-9-5-6-12-24-19/h5-6,9-15H,3-4,7-8H2,1-2H3,(H2,25,26,27,30). The number of Topliss-reactive ketones (excluding diaryl/α,β-unsaturated/α-hetero) is 1. The van der Waals surface area contributed by atoms with E-state index in [-0.39, 0.29) is 26.1 Å². The van der Waals surface area contributed by atoms with Crippen LogP contribution < -0.4 is 15.5 Å². The molecule has 0 unspecified atom stereocenters. The number of hydrogen-bond donors (Lipinski definition) is 2. The van der Waals surface area contributed by atoms with Crippen molar-refractivity contribution >= 4 is 49.5 Å². The van der Waals surface area contributed by atoms with Crippen molar-refractivity contribution < 1.29 is 18.0 Å². The number of urea groups is 1. The summed E-state index contributed by atoms with van der Waals surface area (Å²) in [5, 5.41) is 5.30. The molecule has 0 bridgehead atoms. The third-order valence-electron chi connectivity index (χ3n) is 5.64. The van der Waals surface area contributed by atoms with Gasteiger partial charge in [-0.2, -0.15) is 0 Å². The van der Waals surface area contributed by atoms with Crippen molar-refractivity contribution in [3.8, 4) is 0 Å². The van der Waals surface area contributed by atoms with E-state index in [1.165, 1.54) is 18.5 Å². The van der Waals surface area contributed by atoms with Crippen LogP contribution in [0.5, 0.6) is 0 Å². The highest BCUT2D eigenvalue weighted by molar-refractivity contribution is 7.93. The van der Waals surface area contributed by atoms with Gasteiger partial charge in [0, 0.05) is 37.5 Å². The van der Waals surface area contributed by atoms with E-state index >= 15 is 0 Å². The number of aromatic nitrogens is 2. The van der Waals surface area contributed by atoms with Gasteiger partial charge in [0.25, 0.3) is 0 Å². The lowest BCUT2D eigenvalue weighted by Gasteiger charge is -2.18. The summed E-state index contributed by atoms with van der Waals surface area (Å²) in [7, 11) is -0.0555. The number of hydrogen-bond acceptors (Lipinski definition) is 8. The molecule has 0 spiro atoms. The monoisotopic (exact) mass is 499 g/mol. The minimum Gasteiger partial charge on any atom is -0.378 e. The molecule has 4 rings (SSSR count). The number of ketones is 1. The number of carbonyl (C=O) groups is 2. The predicted octanol–water partition coefficient (Wildman–Crippen LogP) is 4.45. The van der Waals surface area contributed by atoms with Crippen molar-refractivity contribution in [3.05, 3.63) is 54.4 Å². The van der Waals surface area contributed by atoms with Crippen LogP contribution in [0.3, 0.4) is 0 Å². The van der Waals surface area contributed by atoms with Gasteiger partial charge >= 0.3 is 6.03 Å². The van der Waals surface area contributed by atoms with Gasteiger partial charge in [0.15, 0.2) is 15.9 Å². The highest BCUT2D eigenvalue weighted by atomic mass is 32.2. The first kappa shape index (κ1) is 23.8. The maximum absolute atomic E-state index is 13.2. The maximum Gasteiger partial charge on any atom is 0.325 e. The zero-order valence-corrected chi connectivity index (χ0v) is 20.4. The molecule has 1 fully saturated rings. The number of anilines is 3. The summed E-state index contributed by atoms with van der Waals surface area (Å²) in [6.07, 6.45) is 6.34. The summed E-state index contributed by atoms with van der Waals surface area (Å²) < 4.78 is 25.4. The molecule has 1 aliphatic rings. The molecule has 1 saturated carbocycles. The lowest BCUT2D eigenvalue weighted by atomic mass is 9.94. The highest BCUT2D eigenvalue weighted by Crippen LogP contribution is 2.33. The van der Waals surface area contributed by atoms with Crippen LogP contribution in [-0.2, 0) is 9.84 Å². The van der Waals surface area contributed by atoms with Crippen molar-refractivity contribution in [3.63, 3.8) is 0 Å². The van der Waals surface area contributed by atoms with Crippen molar-refractivity contribution in [1.82, 2.24) is 9.97 Å². The molecule has 0 radical (unpaired) electrons. The number of rotatable bonds is 7. The SMILES string of the molecule is CN(C)c1ccc(NC(=O)Nc2ncc(S(=O)(=O)c3ccccn3)s2)c(C(=O)C2CCCC2)c1. The number of nitrogens with one attached hydrogen (secondary N) is 2. The van der Waals surface area contributed by atoms with Gasteiger partial charge in [0.05, 0.1) is 11.9 Å². The van der Waals surface area contributed by atoms with Gasteiger partial charge < -0.3 is 10.2 Å². The van der Waals surface area contributed by atoms with Gasteiger partial charge in [0.1, 0.15) is 4.21 Å². The fourth-order valence-electron chi connectivity index (χ4n) is 3.83. The smallest absolute Gasteiger partial charge is 0.325 e. The Hall–Kier alpha value is -3.31. The third-order valence-corrected chi connectivity index (χ3v) is 8.68. The second kappa shape index (κ2) is 9.90. The van der Waals surface area contributed by atoms with Gasteiger partial charge in [-0.1, -0.05) is 30.2 Å². The van der Waals surface area contributed by atoms with Crippen LogP contribution in [0, 0.1) is 5.92 Å². The predicted molar refractivity (Wildman–Crippen MR) is 132 cm³/mol. The van der Waals surface area contributed by atoms with Crippen LogP contribution in [0.2, 0.25) is 0 Å². The summed E-state index contributed by atoms with van der Waals surface area (Å²) in [5.41, 5.74) is 1.72. The fraction of sp³-hybridized carbons (Fsp3) is 0.304. The Morgan fingerprint density at radius 1 is 1.06 bits per heavy atom. The minimum absolute atomic E-state index is 0.0227. The highest BCUT2D eigenvalue weighted by Gasteiger charge is 2.27. The Balaban J connectivity index is 1.52. The molecular formula is C23H25N5O4S2. The molecule has 11 heteroatoms. The number of sulfone groups is 1. The third kappa shape index (κ3) is 5.10. The first-order valence-electron chi connectivity index (χ1n) is 10.8. The van der Waals surface area contributed by atoms with E-state index in [1.54, 1.807) is 24.3 Å². The molecule has 0 aliphatic heterocycles. The van der Waals surface area contributed by atoms with Crippen LogP contribution in [0.25, 0.3) is 0 Å². The summed E-state index contributed by atoms with van der Waals surface area (Å²) >= 11 is 0.826. The first-order chi connectivity index (χ1) is 16.3. The molecule has 34 heavy (non-hydrogen) atoms. The zero-order chi connectivity index (χ0) is 24.3. The van der Waals surface area contributed by atoms with Gasteiger partial charge in [-0.25, -0.2) is 23.2 Å². The minimum atomic E-state index is -3.83. The molecule has 178 valence electrons. The number of benzene rings is 1. The second-order valence-electron chi connectivity index (χ2n) is 8.20. The zero-order valence-electron chi connectivity index (χ0n) is 18.8. The van der Waals surface area contributed by atoms with Crippen molar-refractivity contribution in [2.75, 3.05) is 29.6 Å². The van der Waals surface area contributed by atoms with Crippen molar-refractivity contribution in [2.45, 2.75) is 34.9 Å². The van der Waals surface area contributed by atoms with Gasteiger partial charge in [-0.15, -0.1) is 0 Å². The molecule has 2 aromatic heterocycles. The first-order valence-corrected chi connectivity index (χ1v) is 13.1. The summed E-state index contributed by atoms with van der Waals surface area (Å²) in [5.74, 6) is -0.0196. The Morgan fingerprint density at radius 2 is 1.82 bits per heavy atom. The molecule has 2 amide bonds. The van der Waals surface area contributed by atoms with Gasteiger partial charge in [-0.3, -0.25) is 10.1 Å². The molecule has 1 aromatic carbocycles. The fourth-order valence-corrected chi connectivity index (χ4v) is 6.16. The molecule has 3 aromatic rings. The average molecular weight is 500 g/mol. The number of thiazole rings is 1. The number of nitrogens with zero attached hydrogens (tertiary/aromatic N) is 3. The molecule has 0 saturated heterocycles. The topological polar surface area (TPSA) is 121 Å². The number of pyridine rings is 1. The van der Waals surface area contributed by atoms with Gasteiger partial charge in [-0.05, 0) is 43.2 Å². The van der Waals surface area contributed by atoms with Crippen LogP contribution >= 0.6 is 11.3 Å². The summed E-state index contributed by atoms with van der Waals surface area (Å²) in [6, 6.07) is 9.30. The van der Waals surface area contributed by atoms with Crippen molar-refractivity contribution in [1.29, 1.82) is 0 Å². The van der Waals surface area contributed by atoms with Crippen LogP contribution in [0.1, 0.15) is 36.0 Å². The second-order valence-corrected chi connectivity index (χ2v) is 11.4. The van der Waals surface area contributed by atoms with E-state index in [4.69, 9.17) is 0 Å². The lowest BCUT2D eigenvalue weighted by Crippen LogP contribution is -2.22. The molecule has 2 N–H and O–H groups in total. The quantitative estimate of drug-likeness (QED) is 0.461. The number of amides is 2. The van der Waals surface area contributed by atoms with Gasteiger partial charge in [0.2, 0.25) is 9.84 Å². The molecule has 9 nitrogen and oxygen atoms in total. The largest absolute Gasteiger partial charge is 0.378 e. The Labute approximate surface area is 202 Å². The molecule has 2 heterocycles. The van der Waals surface area contributed by atoms with E-state index in [9.17, 15) is 18.0 Å². The Kier molecular flexibility index (Phi) is 6.94. The van der Waals surface area contributed by atoms with Crippen molar-refractivity contribution in [2.24, 2.45) is 5.92 Å². The maximum atomic E-state index is 13.2. The van der Waals surface area contributed by atoms with E-state index < -0.39 is 15.9 Å². The molecule has 0 atom stereocenters. The average Bonchev–Trinajstić information content (AvgIpc) is 3.52. The van der Waals surface area contributed by atoms with Crippen LogP contribution in [-0.4, -0.2) is 44.3 Å². The molecular weight excluding hydrogens is 474 g/mol. The van der Waals surface area contributed by atoms with E-state index in [0.717, 1.165) is 42.7 Å².